The number of thiophene rings is 2. The molecule has 1 amide bonds. The summed E-state index contributed by atoms with van der Waals surface area (Å²) < 4.78 is 6.90. The number of thioether (sulfide) groups is 1. The zero-order valence-corrected chi connectivity index (χ0v) is 20.2. The average molecular weight is 465 g/mol. The van der Waals surface area contributed by atoms with Gasteiger partial charge in [-0.25, -0.2) is 4.79 Å². The molecule has 0 spiro atoms. The van der Waals surface area contributed by atoms with Crippen molar-refractivity contribution in [2.75, 3.05) is 18.2 Å². The largest absolute Gasteiger partial charge is 0.465 e. The monoisotopic (exact) mass is 464 g/mol. The predicted octanol–water partition coefficient (Wildman–Crippen LogP) is 5.09. The number of aryl methyl sites for hydroxylation is 2. The van der Waals surface area contributed by atoms with Gasteiger partial charge in [-0.05, 0) is 46.2 Å². The van der Waals surface area contributed by atoms with Gasteiger partial charge in [-0.2, -0.15) is 0 Å². The van der Waals surface area contributed by atoms with Crippen molar-refractivity contribution in [2.45, 2.75) is 45.8 Å². The minimum Gasteiger partial charge on any atom is -0.465 e. The van der Waals surface area contributed by atoms with Gasteiger partial charge in [-0.3, -0.25) is 9.36 Å². The van der Waals surface area contributed by atoms with Crippen molar-refractivity contribution in [3.05, 3.63) is 32.3 Å². The number of nitrogens with zero attached hydrogens (tertiary/aromatic N) is 3. The van der Waals surface area contributed by atoms with Crippen molar-refractivity contribution in [1.82, 2.24) is 14.8 Å². The first-order chi connectivity index (χ1) is 14.2. The Balaban J connectivity index is 1.75. The summed E-state index contributed by atoms with van der Waals surface area (Å²) >= 11 is 4.37. The normalized spacial score (nSPS) is 11.2. The lowest BCUT2D eigenvalue weighted by Crippen LogP contribution is -2.16. The third kappa shape index (κ3) is 4.60. The maximum Gasteiger partial charge on any atom is 0.341 e. The second-order valence-electron chi connectivity index (χ2n) is 7.03. The van der Waals surface area contributed by atoms with Crippen molar-refractivity contribution in [3.8, 4) is 11.4 Å². The number of hydrogen-bond donors (Lipinski definition) is 1. The molecule has 0 bridgehead atoms. The Morgan fingerprint density at radius 3 is 2.60 bits per heavy atom. The van der Waals surface area contributed by atoms with E-state index >= 15 is 0 Å². The molecule has 10 heteroatoms. The molecule has 3 aromatic rings. The molecule has 160 valence electrons. The van der Waals surface area contributed by atoms with E-state index < -0.39 is 5.97 Å². The second kappa shape index (κ2) is 9.32. The van der Waals surface area contributed by atoms with E-state index in [0.717, 1.165) is 21.8 Å². The molecule has 0 radical (unpaired) electrons. The number of ether oxygens (including phenoxy) is 1. The summed E-state index contributed by atoms with van der Waals surface area (Å²) in [5, 5.41) is 14.8. The van der Waals surface area contributed by atoms with Crippen LogP contribution in [0.4, 0.5) is 5.00 Å². The number of rotatable bonds is 7. The number of nitrogens with one attached hydrogen (secondary N) is 1. The van der Waals surface area contributed by atoms with Gasteiger partial charge in [0.2, 0.25) is 5.91 Å². The molecule has 3 rings (SSSR count). The zero-order chi connectivity index (χ0) is 22.0. The van der Waals surface area contributed by atoms with E-state index in [2.05, 4.69) is 47.7 Å². The Bertz CT molecular complexity index is 1080. The molecule has 1 N–H and O–H groups in total. The summed E-state index contributed by atoms with van der Waals surface area (Å²) in [7, 11) is 1.33. The minimum atomic E-state index is -0.449. The Kier molecular flexibility index (Phi) is 6.99. The molecule has 30 heavy (non-hydrogen) atoms. The van der Waals surface area contributed by atoms with Crippen molar-refractivity contribution >= 4 is 51.3 Å². The molecule has 7 nitrogen and oxygen atoms in total. The van der Waals surface area contributed by atoms with Crippen LogP contribution in [0.5, 0.6) is 0 Å². The molecule has 0 aliphatic carbocycles. The van der Waals surface area contributed by atoms with Gasteiger partial charge in [0.25, 0.3) is 0 Å². The average Bonchev–Trinajstić information content (AvgIpc) is 3.37. The van der Waals surface area contributed by atoms with Crippen molar-refractivity contribution < 1.29 is 14.3 Å². The van der Waals surface area contributed by atoms with E-state index in [1.165, 1.54) is 35.1 Å². The summed E-state index contributed by atoms with van der Waals surface area (Å²) in [6.45, 7) is 9.95. The van der Waals surface area contributed by atoms with Gasteiger partial charge in [0.1, 0.15) is 5.00 Å². The van der Waals surface area contributed by atoms with Crippen molar-refractivity contribution in [1.29, 1.82) is 0 Å². The van der Waals surface area contributed by atoms with Crippen LogP contribution in [0.1, 0.15) is 45.6 Å². The third-order valence-corrected chi connectivity index (χ3v) is 7.46. The van der Waals surface area contributed by atoms with Crippen molar-refractivity contribution in [3.63, 3.8) is 0 Å². The molecule has 0 aliphatic heterocycles. The fourth-order valence-corrected chi connectivity index (χ4v) is 5.57. The molecule has 0 aromatic carbocycles. The highest BCUT2D eigenvalue weighted by molar-refractivity contribution is 7.99. The van der Waals surface area contributed by atoms with Crippen LogP contribution >= 0.6 is 34.4 Å². The first-order valence-electron chi connectivity index (χ1n) is 9.34. The number of carbonyl (C=O) groups is 2. The van der Waals surface area contributed by atoms with E-state index in [4.69, 9.17) is 4.74 Å². The van der Waals surface area contributed by atoms with Crippen LogP contribution in [0.15, 0.2) is 16.6 Å². The van der Waals surface area contributed by atoms with Crippen LogP contribution in [-0.4, -0.2) is 39.5 Å². The number of methoxy groups -OCH3 is 1. The smallest absolute Gasteiger partial charge is 0.341 e. The van der Waals surface area contributed by atoms with Crippen LogP contribution in [0, 0.1) is 20.8 Å². The van der Waals surface area contributed by atoms with Crippen LogP contribution in [-0.2, 0) is 9.53 Å². The molecule has 3 heterocycles. The Labute approximate surface area is 187 Å². The van der Waals surface area contributed by atoms with E-state index in [9.17, 15) is 9.59 Å². The molecule has 0 atom stereocenters. The quantitative estimate of drug-likeness (QED) is 0.387. The number of esters is 1. The van der Waals surface area contributed by atoms with Gasteiger partial charge in [0.05, 0.1) is 18.4 Å². The highest BCUT2D eigenvalue weighted by Crippen LogP contribution is 2.34. The summed E-state index contributed by atoms with van der Waals surface area (Å²) in [6, 6.07) is 2.24. The first-order valence-corrected chi connectivity index (χ1v) is 12.0. The molecule has 0 saturated carbocycles. The Hall–Kier alpha value is -2.17. The molecular weight excluding hydrogens is 440 g/mol. The van der Waals surface area contributed by atoms with E-state index in [-0.39, 0.29) is 17.7 Å². The molecule has 0 fully saturated rings. The number of amides is 1. The zero-order valence-electron chi connectivity index (χ0n) is 17.7. The lowest BCUT2D eigenvalue weighted by Gasteiger charge is -2.13. The lowest BCUT2D eigenvalue weighted by atomic mass is 10.1. The number of hydrogen-bond acceptors (Lipinski definition) is 8. The van der Waals surface area contributed by atoms with E-state index in [1.54, 1.807) is 11.3 Å². The van der Waals surface area contributed by atoms with Gasteiger partial charge >= 0.3 is 5.97 Å². The van der Waals surface area contributed by atoms with Crippen LogP contribution in [0.3, 0.4) is 0 Å². The summed E-state index contributed by atoms with van der Waals surface area (Å²) in [5.41, 5.74) is 2.27. The molecule has 0 unspecified atom stereocenters. The summed E-state index contributed by atoms with van der Waals surface area (Å²) in [6.07, 6.45) is 0. The van der Waals surface area contributed by atoms with Crippen LogP contribution < -0.4 is 5.32 Å². The second-order valence-corrected chi connectivity index (χ2v) is 10.3. The van der Waals surface area contributed by atoms with Gasteiger partial charge in [-0.1, -0.05) is 11.8 Å². The van der Waals surface area contributed by atoms with E-state index in [1.807, 2.05) is 18.4 Å². The first kappa shape index (κ1) is 22.5. The number of anilines is 1. The third-order valence-electron chi connectivity index (χ3n) is 4.53. The van der Waals surface area contributed by atoms with Crippen LogP contribution in [0.25, 0.3) is 11.4 Å². The molecule has 3 aromatic heterocycles. The van der Waals surface area contributed by atoms with E-state index in [0.29, 0.717) is 15.7 Å². The predicted molar refractivity (Wildman–Crippen MR) is 123 cm³/mol. The maximum atomic E-state index is 12.6. The topological polar surface area (TPSA) is 86.1 Å². The lowest BCUT2D eigenvalue weighted by molar-refractivity contribution is -0.113. The maximum absolute atomic E-state index is 12.6. The molecular formula is C20H24N4O3S3. The minimum absolute atomic E-state index is 0.147. The standard InChI is InChI=1S/C20H24N4O3S3/c1-10(2)24-17(14-7-11(3)28-8-14)22-23-20(24)29-9-15(25)21-18-16(19(26)27-6)12(4)13(5)30-18/h7-8,10H,9H2,1-6H3,(H,21,25). The van der Waals surface area contributed by atoms with Gasteiger partial charge < -0.3 is 10.1 Å². The molecule has 0 saturated heterocycles. The van der Waals surface area contributed by atoms with Crippen LogP contribution in [0.2, 0.25) is 0 Å². The van der Waals surface area contributed by atoms with Gasteiger partial charge in [-0.15, -0.1) is 32.9 Å². The van der Waals surface area contributed by atoms with Crippen molar-refractivity contribution in [2.24, 2.45) is 0 Å². The van der Waals surface area contributed by atoms with Gasteiger partial charge in [0.15, 0.2) is 11.0 Å². The highest BCUT2D eigenvalue weighted by Gasteiger charge is 2.23. The number of carbonyl (C=O) groups excluding carboxylic acids is 2. The molecule has 0 aliphatic rings. The summed E-state index contributed by atoms with van der Waals surface area (Å²) in [5.74, 6) is 0.298. The Morgan fingerprint density at radius 2 is 2.00 bits per heavy atom. The fraction of sp³-hybridized carbons (Fsp3) is 0.400. The fourth-order valence-electron chi connectivity index (χ4n) is 2.95. The summed E-state index contributed by atoms with van der Waals surface area (Å²) in [4.78, 5) is 26.9. The van der Waals surface area contributed by atoms with Gasteiger partial charge in [0, 0.05) is 26.7 Å². The Morgan fingerprint density at radius 1 is 1.27 bits per heavy atom. The SMILES string of the molecule is COC(=O)c1c(NC(=O)CSc2nnc(-c3csc(C)c3)n2C(C)C)sc(C)c1C. The number of aromatic nitrogens is 3. The highest BCUT2D eigenvalue weighted by atomic mass is 32.2.